The van der Waals surface area contributed by atoms with Crippen molar-refractivity contribution < 1.29 is 27.4 Å². The van der Waals surface area contributed by atoms with Gasteiger partial charge in [-0.1, -0.05) is 26.0 Å². The molecule has 2 aliphatic heterocycles. The Labute approximate surface area is 144 Å². The van der Waals surface area contributed by atoms with Gasteiger partial charge in [-0.3, -0.25) is 0 Å². The van der Waals surface area contributed by atoms with Gasteiger partial charge in [0.15, 0.2) is 11.5 Å². The Kier molecular flexibility index (Phi) is 4.47. The summed E-state index contributed by atoms with van der Waals surface area (Å²) >= 11 is 0. The molecule has 1 atom stereocenters. The summed E-state index contributed by atoms with van der Waals surface area (Å²) in [7, 11) is 0. The number of amides is 2. The number of fused-ring (bicyclic) bond motifs is 1. The van der Waals surface area contributed by atoms with Crippen molar-refractivity contribution in [3.63, 3.8) is 0 Å². The first kappa shape index (κ1) is 17.7. The van der Waals surface area contributed by atoms with E-state index in [1.54, 1.807) is 26.0 Å². The number of nitrogens with one attached hydrogen (secondary N) is 1. The van der Waals surface area contributed by atoms with E-state index in [9.17, 15) is 18.0 Å². The van der Waals surface area contributed by atoms with Crippen molar-refractivity contribution >= 4 is 6.03 Å². The first-order valence-corrected chi connectivity index (χ1v) is 8.15. The van der Waals surface area contributed by atoms with Crippen molar-refractivity contribution in [3.05, 3.63) is 23.8 Å². The molecule has 0 spiro atoms. The number of hydrogen-bond acceptors (Lipinski definition) is 3. The van der Waals surface area contributed by atoms with Crippen LogP contribution < -0.4 is 14.8 Å². The van der Waals surface area contributed by atoms with E-state index in [1.165, 1.54) is 4.90 Å². The lowest BCUT2D eigenvalue weighted by Crippen LogP contribution is -2.54. The molecule has 8 heteroatoms. The molecule has 0 radical (unpaired) electrons. The van der Waals surface area contributed by atoms with Gasteiger partial charge in [-0.25, -0.2) is 4.79 Å². The molecular formula is C17H21F3N2O3. The second-order valence-electron chi connectivity index (χ2n) is 7.10. The predicted octanol–water partition coefficient (Wildman–Crippen LogP) is 3.54. The molecule has 1 aromatic rings. The fourth-order valence-electron chi connectivity index (χ4n) is 3.55. The Morgan fingerprint density at radius 3 is 2.80 bits per heavy atom. The second kappa shape index (κ2) is 6.31. The van der Waals surface area contributed by atoms with E-state index in [0.29, 0.717) is 11.5 Å². The van der Waals surface area contributed by atoms with Crippen LogP contribution in [0.15, 0.2) is 18.2 Å². The lowest BCUT2D eigenvalue weighted by molar-refractivity contribution is -0.214. The number of urea groups is 1. The van der Waals surface area contributed by atoms with Gasteiger partial charge >= 0.3 is 12.2 Å². The summed E-state index contributed by atoms with van der Waals surface area (Å²) in [5, 5.41) is 2.76. The maximum atomic E-state index is 13.1. The van der Waals surface area contributed by atoms with Crippen molar-refractivity contribution in [2.75, 3.05) is 19.9 Å². The summed E-state index contributed by atoms with van der Waals surface area (Å²) in [6.07, 6.45) is -4.32. The second-order valence-corrected chi connectivity index (χ2v) is 7.10. The van der Waals surface area contributed by atoms with Crippen LogP contribution in [0.5, 0.6) is 11.5 Å². The van der Waals surface area contributed by atoms with E-state index in [0.717, 1.165) is 5.56 Å². The van der Waals surface area contributed by atoms with E-state index < -0.39 is 17.5 Å². The number of benzene rings is 1. The van der Waals surface area contributed by atoms with Crippen LogP contribution in [0.4, 0.5) is 18.0 Å². The summed E-state index contributed by atoms with van der Waals surface area (Å²) < 4.78 is 50.0. The molecule has 1 saturated heterocycles. The average molecular weight is 358 g/mol. The van der Waals surface area contributed by atoms with Crippen molar-refractivity contribution in [1.29, 1.82) is 0 Å². The monoisotopic (exact) mass is 358 g/mol. The third-order valence-electron chi connectivity index (χ3n) is 4.82. The zero-order valence-corrected chi connectivity index (χ0v) is 14.2. The Morgan fingerprint density at radius 1 is 1.36 bits per heavy atom. The van der Waals surface area contributed by atoms with Crippen LogP contribution in [0.25, 0.3) is 0 Å². The number of hydrogen-bond donors (Lipinski definition) is 1. The third-order valence-corrected chi connectivity index (χ3v) is 4.82. The SMILES string of the molecule is CC1(C)CN(C(=O)NCc2cccc3c2OCO3)CC[C@H]1C(F)(F)F. The molecule has 25 heavy (non-hydrogen) atoms. The first-order chi connectivity index (χ1) is 11.7. The fraction of sp³-hybridized carbons (Fsp3) is 0.588. The number of para-hydroxylation sites is 1. The summed E-state index contributed by atoms with van der Waals surface area (Å²) in [6.45, 7) is 3.63. The molecule has 1 fully saturated rings. The van der Waals surface area contributed by atoms with Gasteiger partial charge in [0.05, 0.1) is 5.92 Å². The maximum Gasteiger partial charge on any atom is 0.392 e. The number of rotatable bonds is 2. The van der Waals surface area contributed by atoms with Crippen LogP contribution in [0.2, 0.25) is 0 Å². The van der Waals surface area contributed by atoms with E-state index in [2.05, 4.69) is 5.32 Å². The van der Waals surface area contributed by atoms with Crippen LogP contribution in [-0.2, 0) is 6.54 Å². The minimum absolute atomic E-state index is 0.0650. The van der Waals surface area contributed by atoms with Gasteiger partial charge in [-0.2, -0.15) is 13.2 Å². The third kappa shape index (κ3) is 3.62. The van der Waals surface area contributed by atoms with Crippen molar-refractivity contribution in [2.24, 2.45) is 11.3 Å². The molecular weight excluding hydrogens is 337 g/mol. The Morgan fingerprint density at radius 2 is 2.12 bits per heavy atom. The van der Waals surface area contributed by atoms with Gasteiger partial charge in [-0.15, -0.1) is 0 Å². The average Bonchev–Trinajstić information content (AvgIpc) is 2.99. The molecule has 0 saturated carbocycles. The number of carbonyl (C=O) groups excluding carboxylic acids is 1. The Hall–Kier alpha value is -2.12. The Bertz CT molecular complexity index is 661. The number of piperidine rings is 1. The van der Waals surface area contributed by atoms with Crippen LogP contribution in [-0.4, -0.2) is 37.0 Å². The minimum Gasteiger partial charge on any atom is -0.454 e. The number of likely N-dealkylation sites (tertiary alicyclic amines) is 1. The van der Waals surface area contributed by atoms with Gasteiger partial charge in [-0.05, 0) is 17.9 Å². The molecule has 2 aliphatic rings. The first-order valence-electron chi connectivity index (χ1n) is 8.15. The highest BCUT2D eigenvalue weighted by molar-refractivity contribution is 5.74. The molecule has 3 rings (SSSR count). The van der Waals surface area contributed by atoms with Gasteiger partial charge in [0.25, 0.3) is 0 Å². The molecule has 0 unspecified atom stereocenters. The molecule has 0 aliphatic carbocycles. The number of halogens is 3. The van der Waals surface area contributed by atoms with Crippen LogP contribution in [0, 0.1) is 11.3 Å². The summed E-state index contributed by atoms with van der Waals surface area (Å²) in [5.41, 5.74) is -0.244. The number of alkyl halides is 3. The van der Waals surface area contributed by atoms with Crippen LogP contribution in [0.1, 0.15) is 25.8 Å². The number of carbonyl (C=O) groups is 1. The summed E-state index contributed by atoms with van der Waals surface area (Å²) in [4.78, 5) is 13.8. The lowest BCUT2D eigenvalue weighted by atomic mass is 9.73. The van der Waals surface area contributed by atoms with Crippen molar-refractivity contribution in [3.8, 4) is 11.5 Å². The van der Waals surface area contributed by atoms with Crippen molar-refractivity contribution in [2.45, 2.75) is 33.0 Å². The Balaban J connectivity index is 1.61. The molecule has 1 aromatic carbocycles. The zero-order chi connectivity index (χ0) is 18.2. The van der Waals surface area contributed by atoms with Gasteiger partial charge in [0.1, 0.15) is 0 Å². The van der Waals surface area contributed by atoms with E-state index >= 15 is 0 Å². The standard InChI is InChI=1S/C17H21F3N2O3/c1-16(2)9-22(7-6-13(16)17(18,19)20)15(23)21-8-11-4-3-5-12-14(11)25-10-24-12/h3-5,13H,6-10H2,1-2H3,(H,21,23)/t13-/m1/s1. The van der Waals surface area contributed by atoms with Crippen LogP contribution in [0.3, 0.4) is 0 Å². The highest BCUT2D eigenvalue weighted by Crippen LogP contribution is 2.45. The van der Waals surface area contributed by atoms with Gasteiger partial charge in [0.2, 0.25) is 6.79 Å². The fourth-order valence-corrected chi connectivity index (χ4v) is 3.55. The normalized spacial score (nSPS) is 22.0. The molecule has 0 aromatic heterocycles. The summed E-state index contributed by atoms with van der Waals surface area (Å²) in [5.74, 6) is -0.176. The molecule has 2 heterocycles. The van der Waals surface area contributed by atoms with Crippen LogP contribution >= 0.6 is 0 Å². The molecule has 5 nitrogen and oxygen atoms in total. The smallest absolute Gasteiger partial charge is 0.392 e. The van der Waals surface area contributed by atoms with E-state index in [1.807, 2.05) is 6.07 Å². The predicted molar refractivity (Wildman–Crippen MR) is 84.3 cm³/mol. The van der Waals surface area contributed by atoms with Gasteiger partial charge < -0.3 is 19.7 Å². The lowest BCUT2D eigenvalue weighted by Gasteiger charge is -2.44. The highest BCUT2D eigenvalue weighted by atomic mass is 19.4. The highest BCUT2D eigenvalue weighted by Gasteiger charge is 2.51. The zero-order valence-electron chi connectivity index (χ0n) is 14.2. The van der Waals surface area contributed by atoms with E-state index in [4.69, 9.17) is 9.47 Å². The number of ether oxygens (including phenoxy) is 2. The largest absolute Gasteiger partial charge is 0.454 e. The molecule has 138 valence electrons. The topological polar surface area (TPSA) is 50.8 Å². The quantitative estimate of drug-likeness (QED) is 0.880. The molecule has 2 amide bonds. The van der Waals surface area contributed by atoms with Crippen molar-refractivity contribution in [1.82, 2.24) is 10.2 Å². The molecule has 0 bridgehead atoms. The van der Waals surface area contributed by atoms with E-state index in [-0.39, 0.29) is 38.9 Å². The minimum atomic E-state index is -4.24. The molecule has 1 N–H and O–H groups in total. The summed E-state index contributed by atoms with van der Waals surface area (Å²) in [6, 6.07) is 5.02. The maximum absolute atomic E-state index is 13.1. The van der Waals surface area contributed by atoms with Gasteiger partial charge in [0, 0.05) is 25.2 Å². The number of nitrogens with zero attached hydrogens (tertiary/aromatic N) is 1.